The van der Waals surface area contributed by atoms with E-state index in [4.69, 9.17) is 11.1 Å². The number of nitrogens with zero attached hydrogens (tertiary/aromatic N) is 3. The number of anilines is 1. The Labute approximate surface area is 88.4 Å². The number of hydrogen-bond donors (Lipinski definition) is 2. The van der Waals surface area contributed by atoms with Crippen molar-refractivity contribution in [2.75, 3.05) is 5.32 Å². The average Bonchev–Trinajstić information content (AvgIpc) is 2.53. The Kier molecular flexibility index (Phi) is 1.99. The molecule has 0 aromatic heterocycles. The summed E-state index contributed by atoms with van der Waals surface area (Å²) in [6.07, 6.45) is 0. The van der Waals surface area contributed by atoms with E-state index in [0.29, 0.717) is 10.6 Å². The van der Waals surface area contributed by atoms with Gasteiger partial charge in [-0.1, -0.05) is 0 Å². The van der Waals surface area contributed by atoms with Gasteiger partial charge in [-0.25, -0.2) is 5.73 Å². The lowest BCUT2D eigenvalue weighted by Crippen LogP contribution is -2.37. The first-order chi connectivity index (χ1) is 7.04. The quantitative estimate of drug-likeness (QED) is 0.425. The van der Waals surface area contributed by atoms with Crippen molar-refractivity contribution in [3.8, 4) is 0 Å². The number of diazo groups is 1. The van der Waals surface area contributed by atoms with E-state index >= 15 is 0 Å². The van der Waals surface area contributed by atoms with Crippen LogP contribution in [0.25, 0.3) is 4.98 Å². The molecule has 8 heteroatoms. The van der Waals surface area contributed by atoms with Gasteiger partial charge >= 0.3 is 5.12 Å². The first-order valence-electron chi connectivity index (χ1n) is 3.95. The zero-order chi connectivity index (χ0) is 11.1. The van der Waals surface area contributed by atoms with Crippen LogP contribution in [0.2, 0.25) is 0 Å². The summed E-state index contributed by atoms with van der Waals surface area (Å²) in [5.74, 6) is 0. The van der Waals surface area contributed by atoms with Gasteiger partial charge in [0.05, 0.1) is 10.6 Å². The van der Waals surface area contributed by atoms with Crippen LogP contribution in [0.5, 0.6) is 0 Å². The molecule has 1 aliphatic rings. The maximum Gasteiger partial charge on any atom is 0.506 e. The summed E-state index contributed by atoms with van der Waals surface area (Å²) >= 11 is 1.02. The molecular weight excluding hydrogens is 218 g/mol. The molecule has 0 bridgehead atoms. The number of nitro groups is 1. The monoisotopic (exact) mass is 224 g/mol. The molecule has 15 heavy (non-hydrogen) atoms. The van der Waals surface area contributed by atoms with Crippen molar-refractivity contribution in [2.24, 2.45) is 5.73 Å². The van der Waals surface area contributed by atoms with Crippen molar-refractivity contribution in [2.45, 2.75) is 10.0 Å². The van der Waals surface area contributed by atoms with Crippen LogP contribution in [-0.4, -0.2) is 10.0 Å². The highest BCUT2D eigenvalue weighted by Gasteiger charge is 2.47. The molecule has 76 valence electrons. The SMILES string of the molecule is N#[N+]C1(N)Nc2ccc([N+](=O)[O-])cc2S1. The predicted molar refractivity (Wildman–Crippen MR) is 54.6 cm³/mol. The summed E-state index contributed by atoms with van der Waals surface area (Å²) in [4.78, 5) is 13.6. The molecule has 0 fully saturated rings. The van der Waals surface area contributed by atoms with E-state index < -0.39 is 10.0 Å². The molecule has 2 rings (SSSR count). The third kappa shape index (κ3) is 1.58. The molecule has 1 aromatic rings. The summed E-state index contributed by atoms with van der Waals surface area (Å²) in [6.45, 7) is 0. The summed E-state index contributed by atoms with van der Waals surface area (Å²) in [7, 11) is 0. The van der Waals surface area contributed by atoms with E-state index in [-0.39, 0.29) is 5.69 Å². The Balaban J connectivity index is 2.41. The largest absolute Gasteiger partial charge is 0.506 e. The molecule has 7 nitrogen and oxygen atoms in total. The fourth-order valence-electron chi connectivity index (χ4n) is 1.24. The Morgan fingerprint density at radius 2 is 2.40 bits per heavy atom. The lowest BCUT2D eigenvalue weighted by Gasteiger charge is -1.99. The van der Waals surface area contributed by atoms with Gasteiger partial charge in [-0.15, -0.1) is 0 Å². The number of thioether (sulfide) groups is 1. The van der Waals surface area contributed by atoms with Crippen LogP contribution < -0.4 is 11.1 Å². The molecule has 1 aliphatic heterocycles. The van der Waals surface area contributed by atoms with E-state index in [9.17, 15) is 10.1 Å². The molecule has 0 aliphatic carbocycles. The molecule has 0 spiro atoms. The first kappa shape index (κ1) is 9.70. The fourth-order valence-corrected chi connectivity index (χ4v) is 2.19. The number of benzene rings is 1. The van der Waals surface area contributed by atoms with Crippen molar-refractivity contribution in [3.05, 3.63) is 33.3 Å². The van der Waals surface area contributed by atoms with Crippen molar-refractivity contribution < 1.29 is 4.92 Å². The summed E-state index contributed by atoms with van der Waals surface area (Å²) in [5, 5.41) is 20.5. The second-order valence-electron chi connectivity index (χ2n) is 2.96. The molecule has 0 radical (unpaired) electrons. The number of nitro benzene ring substituents is 1. The minimum Gasteiger partial charge on any atom is -0.283 e. The zero-order valence-corrected chi connectivity index (χ0v) is 8.19. The summed E-state index contributed by atoms with van der Waals surface area (Å²) in [5.41, 5.74) is 6.19. The predicted octanol–water partition coefficient (Wildman–Crippen LogP) is 1.54. The molecule has 1 heterocycles. The maximum absolute atomic E-state index is 10.5. The third-order valence-electron chi connectivity index (χ3n) is 1.90. The number of rotatable bonds is 1. The summed E-state index contributed by atoms with van der Waals surface area (Å²) in [6, 6.07) is 4.27. The van der Waals surface area contributed by atoms with Crippen LogP contribution in [-0.2, 0) is 0 Å². The molecule has 1 atom stereocenters. The fraction of sp³-hybridized carbons (Fsp3) is 0.143. The van der Waals surface area contributed by atoms with Gasteiger partial charge in [0.1, 0.15) is 0 Å². The highest BCUT2D eigenvalue weighted by Crippen LogP contribution is 2.44. The van der Waals surface area contributed by atoms with Crippen LogP contribution in [0.3, 0.4) is 0 Å². The molecule has 0 amide bonds. The maximum atomic E-state index is 10.5. The van der Waals surface area contributed by atoms with E-state index in [1.54, 1.807) is 0 Å². The molecule has 0 saturated carbocycles. The van der Waals surface area contributed by atoms with Gasteiger partial charge < -0.3 is 0 Å². The highest BCUT2D eigenvalue weighted by atomic mass is 32.2. The Morgan fingerprint density at radius 1 is 1.67 bits per heavy atom. The average molecular weight is 224 g/mol. The molecule has 1 unspecified atom stereocenters. The van der Waals surface area contributed by atoms with Gasteiger partial charge in [0.15, 0.2) is 4.98 Å². The molecule has 3 N–H and O–H groups in total. The van der Waals surface area contributed by atoms with Crippen LogP contribution >= 0.6 is 11.8 Å². The standard InChI is InChI=1S/C7H6N5O2S/c8-7(11-9)10-5-2-1-4(12(13)14)3-6(5)15-7/h1-3,10H,8H2/q+1. The van der Waals surface area contributed by atoms with Gasteiger partial charge in [-0.05, 0) is 6.07 Å². The van der Waals surface area contributed by atoms with E-state index in [1.807, 2.05) is 0 Å². The van der Waals surface area contributed by atoms with E-state index in [0.717, 1.165) is 11.8 Å². The Morgan fingerprint density at radius 3 is 3.00 bits per heavy atom. The normalized spacial score (nSPS) is 22.7. The van der Waals surface area contributed by atoms with Gasteiger partial charge in [0.2, 0.25) is 5.39 Å². The number of nitrogens with two attached hydrogens (primary N) is 1. The number of fused-ring (bicyclic) bond motifs is 1. The minimum absolute atomic E-state index is 0.0229. The highest BCUT2D eigenvalue weighted by molar-refractivity contribution is 8.01. The number of hydrogen-bond acceptors (Lipinski definition) is 6. The van der Waals surface area contributed by atoms with E-state index in [2.05, 4.69) is 10.3 Å². The van der Waals surface area contributed by atoms with Crippen LogP contribution in [0.4, 0.5) is 11.4 Å². The zero-order valence-electron chi connectivity index (χ0n) is 7.38. The van der Waals surface area contributed by atoms with Crippen molar-refractivity contribution in [3.63, 3.8) is 0 Å². The van der Waals surface area contributed by atoms with Gasteiger partial charge in [0.25, 0.3) is 5.69 Å². The third-order valence-corrected chi connectivity index (χ3v) is 2.96. The number of nitrogens with one attached hydrogen (secondary N) is 1. The smallest absolute Gasteiger partial charge is 0.283 e. The Hall–Kier alpha value is -1.85. The van der Waals surface area contributed by atoms with Crippen LogP contribution in [0.1, 0.15) is 0 Å². The topological polar surface area (TPSA) is 109 Å². The second-order valence-corrected chi connectivity index (χ2v) is 4.23. The van der Waals surface area contributed by atoms with Crippen LogP contribution in [0, 0.1) is 15.5 Å². The second kappa shape index (κ2) is 3.08. The first-order valence-corrected chi connectivity index (χ1v) is 4.76. The lowest BCUT2D eigenvalue weighted by molar-refractivity contribution is -0.385. The Bertz CT molecular complexity index is 485. The summed E-state index contributed by atoms with van der Waals surface area (Å²) < 4.78 is 0. The van der Waals surface area contributed by atoms with Crippen molar-refractivity contribution >= 4 is 23.1 Å². The lowest BCUT2D eigenvalue weighted by atomic mass is 10.3. The van der Waals surface area contributed by atoms with Gasteiger partial charge in [0, 0.05) is 28.8 Å². The minimum atomic E-state index is -1.35. The molecule has 0 saturated heterocycles. The van der Waals surface area contributed by atoms with Gasteiger partial charge in [-0.3, -0.25) is 15.4 Å². The van der Waals surface area contributed by atoms with Crippen molar-refractivity contribution in [1.29, 1.82) is 5.39 Å². The van der Waals surface area contributed by atoms with E-state index in [1.165, 1.54) is 18.2 Å². The van der Waals surface area contributed by atoms with Gasteiger partial charge in [-0.2, -0.15) is 0 Å². The van der Waals surface area contributed by atoms with Crippen LogP contribution in [0.15, 0.2) is 23.1 Å². The molecule has 1 aromatic carbocycles. The number of non-ortho nitro benzene ring substituents is 1. The van der Waals surface area contributed by atoms with Crippen molar-refractivity contribution in [1.82, 2.24) is 0 Å². The molecular formula is C7H6N5O2S+.